The highest BCUT2D eigenvalue weighted by atomic mass is 35.5. The Labute approximate surface area is 132 Å². The Morgan fingerprint density at radius 1 is 1.30 bits per heavy atom. The van der Waals surface area contributed by atoms with Crippen molar-refractivity contribution in [2.45, 2.75) is 17.3 Å². The number of nitrogens with zero attached hydrogens (tertiary/aromatic N) is 1. The van der Waals surface area contributed by atoms with E-state index in [4.69, 9.17) is 23.2 Å². The SMILES string of the molecule is CN(Cc1cccc(Cl)c1)S(=O)(=O)c1ccsc1CCl. The van der Waals surface area contributed by atoms with Crippen molar-refractivity contribution in [3.63, 3.8) is 0 Å². The number of hydrogen-bond acceptors (Lipinski definition) is 3. The number of alkyl halides is 1. The zero-order valence-electron chi connectivity index (χ0n) is 10.7. The summed E-state index contributed by atoms with van der Waals surface area (Å²) in [7, 11) is -1.99. The van der Waals surface area contributed by atoms with E-state index < -0.39 is 10.0 Å². The fourth-order valence-electron chi connectivity index (χ4n) is 1.80. The molecule has 0 saturated carbocycles. The van der Waals surface area contributed by atoms with Crippen LogP contribution >= 0.6 is 34.5 Å². The molecule has 108 valence electrons. The molecular weight excluding hydrogens is 337 g/mol. The molecule has 0 bridgehead atoms. The standard InChI is InChI=1S/C13H13Cl2NO2S2/c1-16(9-10-3-2-4-11(15)7-10)20(17,18)13-5-6-19-12(13)8-14/h2-7H,8-9H2,1H3. The van der Waals surface area contributed by atoms with Crippen molar-refractivity contribution < 1.29 is 8.42 Å². The summed E-state index contributed by atoms with van der Waals surface area (Å²) in [6, 6.07) is 8.74. The second-order valence-electron chi connectivity index (χ2n) is 4.23. The van der Waals surface area contributed by atoms with E-state index in [1.165, 1.54) is 15.6 Å². The molecule has 1 aromatic carbocycles. The van der Waals surface area contributed by atoms with Crippen LogP contribution in [0.25, 0.3) is 0 Å². The van der Waals surface area contributed by atoms with Crippen molar-refractivity contribution in [3.8, 4) is 0 Å². The van der Waals surface area contributed by atoms with E-state index in [1.54, 1.807) is 36.7 Å². The van der Waals surface area contributed by atoms with Crippen LogP contribution < -0.4 is 0 Å². The van der Waals surface area contributed by atoms with Gasteiger partial charge in [0.2, 0.25) is 10.0 Å². The van der Waals surface area contributed by atoms with Gasteiger partial charge in [0.05, 0.1) is 10.8 Å². The van der Waals surface area contributed by atoms with Crippen molar-refractivity contribution in [1.82, 2.24) is 4.31 Å². The first-order chi connectivity index (χ1) is 9.45. The fourth-order valence-corrected chi connectivity index (χ4v) is 4.84. The van der Waals surface area contributed by atoms with Crippen molar-refractivity contribution in [1.29, 1.82) is 0 Å². The number of thiophene rings is 1. The third kappa shape index (κ3) is 3.35. The van der Waals surface area contributed by atoms with E-state index >= 15 is 0 Å². The van der Waals surface area contributed by atoms with Gasteiger partial charge in [0.1, 0.15) is 0 Å². The minimum atomic E-state index is -3.53. The Balaban J connectivity index is 2.26. The predicted molar refractivity (Wildman–Crippen MR) is 84.0 cm³/mol. The minimum absolute atomic E-state index is 0.192. The molecule has 0 aliphatic carbocycles. The van der Waals surface area contributed by atoms with Crippen LogP contribution in [0.5, 0.6) is 0 Å². The van der Waals surface area contributed by atoms with Gasteiger partial charge in [0, 0.05) is 23.5 Å². The van der Waals surface area contributed by atoms with E-state index in [9.17, 15) is 8.42 Å². The average molecular weight is 350 g/mol. The summed E-state index contributed by atoms with van der Waals surface area (Å²) in [6.45, 7) is 0.264. The molecule has 0 amide bonds. The number of hydrogen-bond donors (Lipinski definition) is 0. The molecule has 0 fully saturated rings. The third-order valence-electron chi connectivity index (χ3n) is 2.81. The molecule has 0 radical (unpaired) electrons. The maximum atomic E-state index is 12.5. The lowest BCUT2D eigenvalue weighted by Crippen LogP contribution is -2.26. The van der Waals surface area contributed by atoms with Gasteiger partial charge in [-0.05, 0) is 29.1 Å². The molecule has 0 atom stereocenters. The smallest absolute Gasteiger partial charge is 0.207 e. The highest BCUT2D eigenvalue weighted by Gasteiger charge is 2.24. The predicted octanol–water partition coefficient (Wildman–Crippen LogP) is 3.96. The van der Waals surface area contributed by atoms with Crippen LogP contribution in [0, 0.1) is 0 Å². The summed E-state index contributed by atoms with van der Waals surface area (Å²) in [5, 5.41) is 2.32. The van der Waals surface area contributed by atoms with Crippen molar-refractivity contribution in [2.24, 2.45) is 0 Å². The lowest BCUT2D eigenvalue weighted by Gasteiger charge is -2.17. The molecule has 0 spiro atoms. The van der Waals surface area contributed by atoms with Crippen LogP contribution in [-0.2, 0) is 22.4 Å². The quantitative estimate of drug-likeness (QED) is 0.766. The summed E-state index contributed by atoms with van der Waals surface area (Å²) in [5.41, 5.74) is 0.839. The molecule has 1 aromatic heterocycles. The highest BCUT2D eigenvalue weighted by Crippen LogP contribution is 2.27. The number of halogens is 2. The lowest BCUT2D eigenvalue weighted by molar-refractivity contribution is 0.466. The lowest BCUT2D eigenvalue weighted by atomic mass is 10.2. The zero-order valence-corrected chi connectivity index (χ0v) is 13.9. The van der Waals surface area contributed by atoms with Crippen LogP contribution in [0.2, 0.25) is 5.02 Å². The molecule has 2 rings (SSSR count). The first-order valence-corrected chi connectivity index (χ1v) is 9.01. The first kappa shape index (κ1) is 15.8. The Bertz CT molecular complexity index is 698. The van der Waals surface area contributed by atoms with Crippen LogP contribution in [0.3, 0.4) is 0 Å². The maximum absolute atomic E-state index is 12.5. The van der Waals surface area contributed by atoms with E-state index in [2.05, 4.69) is 0 Å². The van der Waals surface area contributed by atoms with Crippen LogP contribution in [-0.4, -0.2) is 19.8 Å². The molecule has 0 N–H and O–H groups in total. The molecule has 20 heavy (non-hydrogen) atoms. The summed E-state index contributed by atoms with van der Waals surface area (Å²) < 4.78 is 26.3. The van der Waals surface area contributed by atoms with Gasteiger partial charge >= 0.3 is 0 Å². The molecule has 0 unspecified atom stereocenters. The van der Waals surface area contributed by atoms with Gasteiger partial charge in [-0.15, -0.1) is 22.9 Å². The number of rotatable bonds is 5. The van der Waals surface area contributed by atoms with Crippen LogP contribution in [0.15, 0.2) is 40.6 Å². The van der Waals surface area contributed by atoms with Crippen molar-refractivity contribution >= 4 is 44.6 Å². The van der Waals surface area contributed by atoms with E-state index in [1.807, 2.05) is 6.07 Å². The van der Waals surface area contributed by atoms with Gasteiger partial charge in [-0.3, -0.25) is 0 Å². The molecule has 3 nitrogen and oxygen atoms in total. The summed E-state index contributed by atoms with van der Waals surface area (Å²) in [6.07, 6.45) is 0. The van der Waals surface area contributed by atoms with Crippen molar-refractivity contribution in [2.75, 3.05) is 7.05 Å². The Hall–Kier alpha value is -0.590. The van der Waals surface area contributed by atoms with Gasteiger partial charge in [0.25, 0.3) is 0 Å². The molecular formula is C13H13Cl2NO2S2. The molecule has 0 aliphatic rings. The van der Waals surface area contributed by atoms with Gasteiger partial charge < -0.3 is 0 Å². The second kappa shape index (κ2) is 6.45. The average Bonchev–Trinajstić information content (AvgIpc) is 2.87. The monoisotopic (exact) mass is 349 g/mol. The largest absolute Gasteiger partial charge is 0.244 e. The Kier molecular flexibility index (Phi) is 5.09. The minimum Gasteiger partial charge on any atom is -0.207 e. The van der Waals surface area contributed by atoms with Gasteiger partial charge in [0.15, 0.2) is 0 Å². The fraction of sp³-hybridized carbons (Fsp3) is 0.231. The topological polar surface area (TPSA) is 37.4 Å². The molecule has 7 heteroatoms. The summed E-state index contributed by atoms with van der Waals surface area (Å²) in [4.78, 5) is 0.937. The molecule has 1 heterocycles. The first-order valence-electron chi connectivity index (χ1n) is 5.78. The Morgan fingerprint density at radius 3 is 2.70 bits per heavy atom. The molecule has 0 saturated heterocycles. The van der Waals surface area contributed by atoms with Crippen LogP contribution in [0.4, 0.5) is 0 Å². The molecule has 0 aliphatic heterocycles. The van der Waals surface area contributed by atoms with Gasteiger partial charge in [-0.25, -0.2) is 8.42 Å². The van der Waals surface area contributed by atoms with Crippen LogP contribution in [0.1, 0.15) is 10.4 Å². The van der Waals surface area contributed by atoms with E-state index in [0.717, 1.165) is 5.56 Å². The van der Waals surface area contributed by atoms with Crippen molar-refractivity contribution in [3.05, 3.63) is 51.2 Å². The number of benzene rings is 1. The van der Waals surface area contributed by atoms with E-state index in [-0.39, 0.29) is 17.3 Å². The van der Waals surface area contributed by atoms with E-state index in [0.29, 0.717) is 9.90 Å². The summed E-state index contributed by atoms with van der Waals surface area (Å²) in [5.74, 6) is 0.192. The van der Waals surface area contributed by atoms with Gasteiger partial charge in [-0.1, -0.05) is 23.7 Å². The second-order valence-corrected chi connectivity index (χ2v) is 7.95. The third-order valence-corrected chi connectivity index (χ3v) is 6.41. The Morgan fingerprint density at radius 2 is 2.05 bits per heavy atom. The molecule has 2 aromatic rings. The zero-order chi connectivity index (χ0) is 14.8. The summed E-state index contributed by atoms with van der Waals surface area (Å²) >= 11 is 13.0. The highest BCUT2D eigenvalue weighted by molar-refractivity contribution is 7.89. The normalized spacial score (nSPS) is 12.0. The van der Waals surface area contributed by atoms with Gasteiger partial charge in [-0.2, -0.15) is 4.31 Å². The maximum Gasteiger partial charge on any atom is 0.244 e. The number of sulfonamides is 1.